The molecule has 0 aliphatic carbocycles. The van der Waals surface area contributed by atoms with Gasteiger partial charge in [0.1, 0.15) is 25.1 Å². The summed E-state index contributed by atoms with van der Waals surface area (Å²) in [6, 6.07) is 8.59. The molecule has 3 rings (SSSR count). The average molecular weight is 408 g/mol. The maximum absolute atomic E-state index is 13.3. The topological polar surface area (TPSA) is 93.7 Å². The van der Waals surface area contributed by atoms with E-state index in [1.807, 2.05) is 0 Å². The fourth-order valence-electron chi connectivity index (χ4n) is 2.70. The van der Waals surface area contributed by atoms with Crippen molar-refractivity contribution in [3.63, 3.8) is 0 Å². The summed E-state index contributed by atoms with van der Waals surface area (Å²) in [5.41, 5.74) is 0.245. The fraction of sp³-hybridized carbons (Fsp3) is 0.316. The Morgan fingerprint density at radius 2 is 1.79 bits per heavy atom. The van der Waals surface area contributed by atoms with E-state index >= 15 is 0 Å². The standard InChI is InChI=1S/C19H21FN2O5S/c1-12(2)18(19(23)21-14-5-3-4-13(20)10-14)22-28(24,25)15-6-7-16-17(11-15)27-9-8-26-16/h3-7,10-12,18,22H,8-9H2,1-2H3,(H,21,23)/t18-/m1/s1. The zero-order valence-electron chi connectivity index (χ0n) is 15.4. The molecule has 7 nitrogen and oxygen atoms in total. The molecule has 150 valence electrons. The van der Waals surface area contributed by atoms with Crippen LogP contribution in [0.1, 0.15) is 13.8 Å². The number of amides is 1. The Balaban J connectivity index is 1.80. The van der Waals surface area contributed by atoms with E-state index in [0.717, 1.165) is 6.07 Å². The van der Waals surface area contributed by atoms with Gasteiger partial charge < -0.3 is 14.8 Å². The summed E-state index contributed by atoms with van der Waals surface area (Å²) < 4.78 is 52.1. The van der Waals surface area contributed by atoms with Crippen LogP contribution < -0.4 is 19.5 Å². The molecular weight excluding hydrogens is 387 g/mol. The lowest BCUT2D eigenvalue weighted by atomic mass is 10.0. The van der Waals surface area contributed by atoms with Gasteiger partial charge in [-0.15, -0.1) is 0 Å². The lowest BCUT2D eigenvalue weighted by Gasteiger charge is -2.23. The third kappa shape index (κ3) is 4.60. The molecule has 1 aliphatic rings. The van der Waals surface area contributed by atoms with Gasteiger partial charge in [0, 0.05) is 11.8 Å². The van der Waals surface area contributed by atoms with Crippen molar-refractivity contribution in [1.29, 1.82) is 0 Å². The third-order valence-electron chi connectivity index (χ3n) is 4.15. The maximum atomic E-state index is 13.3. The van der Waals surface area contributed by atoms with Crippen LogP contribution in [0, 0.1) is 11.7 Å². The second-order valence-corrected chi connectivity index (χ2v) is 8.36. The number of halogens is 1. The zero-order chi connectivity index (χ0) is 20.3. The van der Waals surface area contributed by atoms with E-state index in [1.54, 1.807) is 13.8 Å². The maximum Gasteiger partial charge on any atom is 0.242 e. The first-order valence-electron chi connectivity index (χ1n) is 8.75. The lowest BCUT2D eigenvalue weighted by molar-refractivity contribution is -0.118. The van der Waals surface area contributed by atoms with Gasteiger partial charge in [0.2, 0.25) is 15.9 Å². The van der Waals surface area contributed by atoms with Crippen molar-refractivity contribution in [1.82, 2.24) is 4.72 Å². The van der Waals surface area contributed by atoms with Gasteiger partial charge >= 0.3 is 0 Å². The highest BCUT2D eigenvalue weighted by Crippen LogP contribution is 2.32. The Hall–Kier alpha value is -2.65. The molecule has 0 saturated carbocycles. The minimum Gasteiger partial charge on any atom is -0.486 e. The number of anilines is 1. The molecule has 0 saturated heterocycles. The van der Waals surface area contributed by atoms with E-state index in [2.05, 4.69) is 10.0 Å². The molecule has 2 aromatic carbocycles. The second kappa shape index (κ2) is 8.15. The highest BCUT2D eigenvalue weighted by Gasteiger charge is 2.29. The summed E-state index contributed by atoms with van der Waals surface area (Å²) >= 11 is 0. The third-order valence-corrected chi connectivity index (χ3v) is 5.59. The van der Waals surface area contributed by atoms with Gasteiger partial charge in [0.15, 0.2) is 11.5 Å². The summed E-state index contributed by atoms with van der Waals surface area (Å²) in [4.78, 5) is 12.6. The number of fused-ring (bicyclic) bond motifs is 1. The molecule has 0 radical (unpaired) electrons. The quantitative estimate of drug-likeness (QED) is 0.766. The number of hydrogen-bond donors (Lipinski definition) is 2. The average Bonchev–Trinajstić information content (AvgIpc) is 2.65. The van der Waals surface area contributed by atoms with E-state index in [4.69, 9.17) is 9.47 Å². The van der Waals surface area contributed by atoms with E-state index in [-0.39, 0.29) is 16.5 Å². The van der Waals surface area contributed by atoms with Crippen molar-refractivity contribution < 1.29 is 27.1 Å². The number of ether oxygens (including phenoxy) is 2. The van der Waals surface area contributed by atoms with Crippen molar-refractivity contribution in [3.8, 4) is 11.5 Å². The summed E-state index contributed by atoms with van der Waals surface area (Å²) in [6.07, 6.45) is 0. The summed E-state index contributed by atoms with van der Waals surface area (Å²) in [5.74, 6) is -0.632. The van der Waals surface area contributed by atoms with E-state index < -0.39 is 27.8 Å². The van der Waals surface area contributed by atoms with Crippen molar-refractivity contribution in [2.75, 3.05) is 18.5 Å². The first-order chi connectivity index (χ1) is 13.3. The summed E-state index contributed by atoms with van der Waals surface area (Å²) in [7, 11) is -4.00. The molecule has 1 aliphatic heterocycles. The van der Waals surface area contributed by atoms with Gasteiger partial charge in [-0.25, -0.2) is 12.8 Å². The SMILES string of the molecule is CC(C)[C@@H](NS(=O)(=O)c1ccc2c(c1)OCCO2)C(=O)Nc1cccc(F)c1. The molecule has 0 bridgehead atoms. The van der Waals surface area contributed by atoms with E-state index in [1.165, 1.54) is 36.4 Å². The van der Waals surface area contributed by atoms with Crippen LogP contribution in [0.4, 0.5) is 10.1 Å². The Kier molecular flexibility index (Phi) is 5.85. The summed E-state index contributed by atoms with van der Waals surface area (Å²) in [5, 5.41) is 2.54. The smallest absolute Gasteiger partial charge is 0.242 e. The van der Waals surface area contributed by atoms with Crippen LogP contribution in [0.25, 0.3) is 0 Å². The highest BCUT2D eigenvalue weighted by atomic mass is 32.2. The molecule has 0 spiro atoms. The van der Waals surface area contributed by atoms with Gasteiger partial charge in [0.05, 0.1) is 4.90 Å². The largest absolute Gasteiger partial charge is 0.486 e. The van der Waals surface area contributed by atoms with Crippen LogP contribution in [0.2, 0.25) is 0 Å². The number of carbonyl (C=O) groups is 1. The molecule has 0 fully saturated rings. The number of carbonyl (C=O) groups excluding carboxylic acids is 1. The fourth-order valence-corrected chi connectivity index (χ4v) is 4.06. The molecular formula is C19H21FN2O5S. The molecule has 1 atom stereocenters. The Labute approximate surface area is 162 Å². The van der Waals surface area contributed by atoms with Crippen molar-refractivity contribution in [3.05, 3.63) is 48.3 Å². The molecule has 2 aromatic rings. The molecule has 1 heterocycles. The normalized spacial score (nSPS) is 14.6. The van der Waals surface area contributed by atoms with Crippen LogP contribution in [-0.4, -0.2) is 33.6 Å². The second-order valence-electron chi connectivity index (χ2n) is 6.65. The zero-order valence-corrected chi connectivity index (χ0v) is 16.3. The minimum absolute atomic E-state index is 0.0408. The number of nitrogens with one attached hydrogen (secondary N) is 2. The predicted octanol–water partition coefficient (Wildman–Crippen LogP) is 2.54. The highest BCUT2D eigenvalue weighted by molar-refractivity contribution is 7.89. The first kappa shape index (κ1) is 20.1. The van der Waals surface area contributed by atoms with Crippen LogP contribution in [0.15, 0.2) is 47.4 Å². The van der Waals surface area contributed by atoms with Crippen LogP contribution in [-0.2, 0) is 14.8 Å². The number of sulfonamides is 1. The predicted molar refractivity (Wildman–Crippen MR) is 101 cm³/mol. The van der Waals surface area contributed by atoms with Crippen molar-refractivity contribution in [2.24, 2.45) is 5.92 Å². The van der Waals surface area contributed by atoms with Gasteiger partial charge in [-0.05, 0) is 36.2 Å². The van der Waals surface area contributed by atoms with Gasteiger partial charge in [0.25, 0.3) is 0 Å². The lowest BCUT2D eigenvalue weighted by Crippen LogP contribution is -2.47. The number of rotatable bonds is 6. The van der Waals surface area contributed by atoms with E-state index in [0.29, 0.717) is 24.7 Å². The summed E-state index contributed by atoms with van der Waals surface area (Å²) in [6.45, 7) is 4.14. The molecule has 0 unspecified atom stereocenters. The molecule has 2 N–H and O–H groups in total. The van der Waals surface area contributed by atoms with Crippen LogP contribution in [0.5, 0.6) is 11.5 Å². The molecule has 0 aromatic heterocycles. The van der Waals surface area contributed by atoms with Gasteiger partial charge in [-0.2, -0.15) is 4.72 Å². The molecule has 1 amide bonds. The Bertz CT molecular complexity index is 978. The Morgan fingerprint density at radius 3 is 2.46 bits per heavy atom. The van der Waals surface area contributed by atoms with Gasteiger partial charge in [-0.3, -0.25) is 4.79 Å². The van der Waals surface area contributed by atoms with Crippen LogP contribution in [0.3, 0.4) is 0 Å². The van der Waals surface area contributed by atoms with Gasteiger partial charge in [-0.1, -0.05) is 19.9 Å². The molecule has 28 heavy (non-hydrogen) atoms. The minimum atomic E-state index is -4.00. The molecule has 9 heteroatoms. The number of hydrogen-bond acceptors (Lipinski definition) is 5. The Morgan fingerprint density at radius 1 is 1.07 bits per heavy atom. The monoisotopic (exact) mass is 408 g/mol. The first-order valence-corrected chi connectivity index (χ1v) is 10.2. The number of benzene rings is 2. The van der Waals surface area contributed by atoms with Crippen molar-refractivity contribution >= 4 is 21.6 Å². The van der Waals surface area contributed by atoms with E-state index in [9.17, 15) is 17.6 Å². The van der Waals surface area contributed by atoms with Crippen molar-refractivity contribution in [2.45, 2.75) is 24.8 Å². The van der Waals surface area contributed by atoms with Crippen LogP contribution >= 0.6 is 0 Å².